The summed E-state index contributed by atoms with van der Waals surface area (Å²) in [5, 5.41) is 0. The topological polar surface area (TPSA) is 89.5 Å². The fourth-order valence-corrected chi connectivity index (χ4v) is 4.92. The van der Waals surface area contributed by atoms with Crippen LogP contribution in [-0.4, -0.2) is 57.7 Å². The number of rotatable bonds is 6. The lowest BCUT2D eigenvalue weighted by Gasteiger charge is -2.32. The highest BCUT2D eigenvalue weighted by atomic mass is 79.9. The lowest BCUT2D eigenvalue weighted by atomic mass is 9.85. The van der Waals surface area contributed by atoms with E-state index in [2.05, 4.69) is 59.2 Å². The van der Waals surface area contributed by atoms with Crippen LogP contribution < -0.4 is 0 Å². The number of hydrogen-bond acceptors (Lipinski definition) is 8. The van der Waals surface area contributed by atoms with Gasteiger partial charge in [-0.25, -0.2) is 8.78 Å². The fraction of sp³-hybridized carbons (Fsp3) is 0.471. The minimum Gasteiger partial charge on any atom is -0.502 e. The van der Waals surface area contributed by atoms with Crippen LogP contribution in [0.25, 0.3) is 5.76 Å². The molecule has 46 heavy (non-hydrogen) atoms. The minimum atomic E-state index is -0.391. The summed E-state index contributed by atoms with van der Waals surface area (Å²) in [6.45, 7) is 9.64. The van der Waals surface area contributed by atoms with Crippen molar-refractivity contribution in [2.24, 2.45) is 0 Å². The van der Waals surface area contributed by atoms with Crippen LogP contribution in [0.2, 0.25) is 0 Å². The number of carbonyl (C=O) groups excluding carboxylic acids is 2. The van der Waals surface area contributed by atoms with Gasteiger partial charge in [0.25, 0.3) is 0 Å². The van der Waals surface area contributed by atoms with Crippen LogP contribution in [0.5, 0.6) is 0 Å². The van der Waals surface area contributed by atoms with Gasteiger partial charge < -0.3 is 28.3 Å². The molecule has 0 amide bonds. The summed E-state index contributed by atoms with van der Waals surface area (Å²) >= 11 is 3.21. The van der Waals surface area contributed by atoms with Gasteiger partial charge in [-0.1, -0.05) is 15.9 Å². The van der Waals surface area contributed by atoms with Crippen molar-refractivity contribution >= 4 is 40.7 Å². The number of ether oxygens (including phenoxy) is 4. The molecule has 0 bridgehead atoms. The Morgan fingerprint density at radius 1 is 0.804 bits per heavy atom. The van der Waals surface area contributed by atoms with E-state index >= 15 is 0 Å². The molecule has 1 fully saturated rings. The number of esters is 2. The zero-order chi connectivity index (χ0) is 33.9. The van der Waals surface area contributed by atoms with Gasteiger partial charge in [0.15, 0.2) is 0 Å². The molecule has 0 atom stereocenters. The molecule has 2 aromatic carbocycles. The summed E-state index contributed by atoms with van der Waals surface area (Å²) in [5.74, 6) is -0.777. The Morgan fingerprint density at radius 2 is 1.33 bits per heavy atom. The zero-order valence-corrected chi connectivity index (χ0v) is 28.8. The van der Waals surface area contributed by atoms with Crippen molar-refractivity contribution in [3.05, 3.63) is 87.0 Å². The molecular formula is C34H42BBrF2O8. The normalized spacial score (nSPS) is 17.8. The predicted octanol–water partition coefficient (Wildman–Crippen LogP) is 7.31. The summed E-state index contributed by atoms with van der Waals surface area (Å²) < 4.78 is 58.7. The molecule has 12 heteroatoms. The highest BCUT2D eigenvalue weighted by Crippen LogP contribution is 2.39. The Morgan fingerprint density at radius 3 is 1.85 bits per heavy atom. The van der Waals surface area contributed by atoms with Crippen molar-refractivity contribution in [1.29, 1.82) is 0 Å². The quantitative estimate of drug-likeness (QED) is 0.228. The number of halogens is 3. The van der Waals surface area contributed by atoms with Crippen LogP contribution in [0, 0.1) is 11.6 Å². The molecule has 8 nitrogen and oxygen atoms in total. The standard InChI is InChI=1S/C14H15FO3.C11H19BO3.C9H8BrFO2/c1-17-14(16)9-10-8-11(15)5-6-12(10)13-4-2-3-7-18-13;1-10(2)11(3,4)15-12(14-10)9-7-5-6-8-13-9;1-13-9(12)5-6-4-7(11)2-3-8(6)10/h4-6,8H,2-3,7,9H2,1H3;7H,5-6,8H2,1-4H3;2-4H,5H2,1H3. The zero-order valence-electron chi connectivity index (χ0n) is 27.3. The van der Waals surface area contributed by atoms with E-state index < -0.39 is 5.97 Å². The molecule has 5 rings (SSSR count). The minimum absolute atomic E-state index is 0.0459. The third kappa shape index (κ3) is 10.7. The van der Waals surface area contributed by atoms with Crippen LogP contribution in [0.3, 0.4) is 0 Å². The number of allylic oxidation sites excluding steroid dienone is 2. The van der Waals surface area contributed by atoms with E-state index in [0.717, 1.165) is 49.3 Å². The molecule has 3 aliphatic heterocycles. The highest BCUT2D eigenvalue weighted by Gasteiger charge is 2.53. The molecule has 2 aromatic rings. The van der Waals surface area contributed by atoms with Crippen molar-refractivity contribution < 1.29 is 46.6 Å². The first kappa shape index (κ1) is 37.2. The average molecular weight is 707 g/mol. The van der Waals surface area contributed by atoms with Crippen molar-refractivity contribution in [2.45, 2.75) is 77.4 Å². The molecule has 0 aliphatic carbocycles. The number of hydrogen-bond donors (Lipinski definition) is 0. The van der Waals surface area contributed by atoms with Crippen molar-refractivity contribution in [3.8, 4) is 0 Å². The third-order valence-corrected chi connectivity index (χ3v) is 8.62. The Labute approximate surface area is 278 Å². The first-order chi connectivity index (χ1) is 21.8. The summed E-state index contributed by atoms with van der Waals surface area (Å²) in [7, 11) is 2.29. The van der Waals surface area contributed by atoms with Gasteiger partial charge in [-0.2, -0.15) is 0 Å². The lowest BCUT2D eigenvalue weighted by molar-refractivity contribution is -0.140. The molecule has 0 spiro atoms. The van der Waals surface area contributed by atoms with Crippen molar-refractivity contribution in [3.63, 3.8) is 0 Å². The van der Waals surface area contributed by atoms with Gasteiger partial charge in [-0.05, 0) is 113 Å². The second-order valence-electron chi connectivity index (χ2n) is 11.8. The van der Waals surface area contributed by atoms with Gasteiger partial charge in [0.1, 0.15) is 23.1 Å². The van der Waals surface area contributed by atoms with Crippen molar-refractivity contribution in [1.82, 2.24) is 0 Å². The highest BCUT2D eigenvalue weighted by molar-refractivity contribution is 9.10. The van der Waals surface area contributed by atoms with E-state index in [-0.39, 0.29) is 48.8 Å². The Kier molecular flexibility index (Phi) is 13.8. The molecule has 0 N–H and O–H groups in total. The molecule has 0 unspecified atom stereocenters. The van der Waals surface area contributed by atoms with Gasteiger partial charge in [-0.3, -0.25) is 9.59 Å². The molecule has 0 aromatic heterocycles. The monoisotopic (exact) mass is 706 g/mol. The molecule has 250 valence electrons. The van der Waals surface area contributed by atoms with Gasteiger partial charge in [0.05, 0.1) is 51.5 Å². The van der Waals surface area contributed by atoms with E-state index in [1.165, 1.54) is 38.5 Å². The molecule has 3 heterocycles. The van der Waals surface area contributed by atoms with Crippen LogP contribution in [0.15, 0.2) is 58.7 Å². The smallest absolute Gasteiger partial charge is 0.502 e. The van der Waals surface area contributed by atoms with E-state index in [9.17, 15) is 18.4 Å². The Balaban J connectivity index is 0.000000191. The third-order valence-electron chi connectivity index (χ3n) is 7.85. The average Bonchev–Trinajstić information content (AvgIpc) is 3.26. The summed E-state index contributed by atoms with van der Waals surface area (Å²) in [6.07, 6.45) is 8.23. The first-order valence-electron chi connectivity index (χ1n) is 15.1. The molecule has 3 aliphatic rings. The summed E-state index contributed by atoms with van der Waals surface area (Å²) in [6, 6.07) is 8.56. The largest absolute Gasteiger partial charge is 0.531 e. The van der Waals surface area contributed by atoms with E-state index in [4.69, 9.17) is 18.8 Å². The molecular weight excluding hydrogens is 665 g/mol. The second kappa shape index (κ2) is 17.1. The fourth-order valence-electron chi connectivity index (χ4n) is 4.53. The summed E-state index contributed by atoms with van der Waals surface area (Å²) in [5.41, 5.74) is 2.24. The van der Waals surface area contributed by atoms with E-state index in [1.807, 2.05) is 6.08 Å². The van der Waals surface area contributed by atoms with Crippen LogP contribution in [0.4, 0.5) is 8.78 Å². The number of methoxy groups -OCH3 is 2. The lowest BCUT2D eigenvalue weighted by Crippen LogP contribution is -2.41. The maximum atomic E-state index is 13.3. The van der Waals surface area contributed by atoms with Gasteiger partial charge >= 0.3 is 19.1 Å². The number of carbonyl (C=O) groups is 2. The van der Waals surface area contributed by atoms with Crippen molar-refractivity contribution in [2.75, 3.05) is 27.4 Å². The molecule has 0 saturated carbocycles. The maximum Gasteiger partial charge on any atom is 0.531 e. The second-order valence-corrected chi connectivity index (χ2v) is 12.6. The maximum absolute atomic E-state index is 13.3. The van der Waals surface area contributed by atoms with Crippen LogP contribution in [0.1, 0.15) is 70.1 Å². The Bertz CT molecular complexity index is 1410. The molecule has 1 saturated heterocycles. The Hall–Kier alpha value is -3.22. The van der Waals surface area contributed by atoms with Crippen LogP contribution >= 0.6 is 15.9 Å². The van der Waals surface area contributed by atoms with E-state index in [0.29, 0.717) is 22.2 Å². The first-order valence-corrected chi connectivity index (χ1v) is 15.9. The summed E-state index contributed by atoms with van der Waals surface area (Å²) in [4.78, 5) is 22.2. The van der Waals surface area contributed by atoms with Gasteiger partial charge in [0, 0.05) is 10.0 Å². The SMILES string of the molecule is CC1(C)OB(C2=CCCCO2)OC1(C)C.COC(=O)Cc1cc(F)ccc1Br.COC(=O)Cc1cc(F)ccc1C1=CCCCO1. The van der Waals surface area contributed by atoms with Gasteiger partial charge in [-0.15, -0.1) is 0 Å². The van der Waals surface area contributed by atoms with E-state index in [1.54, 1.807) is 12.1 Å². The van der Waals surface area contributed by atoms with Gasteiger partial charge in [0.2, 0.25) is 0 Å². The van der Waals surface area contributed by atoms with Crippen LogP contribution in [-0.2, 0) is 50.7 Å². The number of benzene rings is 2. The predicted molar refractivity (Wildman–Crippen MR) is 174 cm³/mol. The molecule has 0 radical (unpaired) electrons.